The molecule has 4 N–H and O–H groups in total. The summed E-state index contributed by atoms with van der Waals surface area (Å²) in [6.07, 6.45) is 8.57. The summed E-state index contributed by atoms with van der Waals surface area (Å²) in [5.41, 5.74) is 0.846. The summed E-state index contributed by atoms with van der Waals surface area (Å²) >= 11 is 0. The van der Waals surface area contributed by atoms with E-state index < -0.39 is 10.0 Å². The van der Waals surface area contributed by atoms with Crippen molar-refractivity contribution < 1.29 is 13.2 Å². The van der Waals surface area contributed by atoms with Crippen LogP contribution in [-0.4, -0.2) is 52.4 Å². The summed E-state index contributed by atoms with van der Waals surface area (Å²) < 4.78 is 22.7. The lowest BCUT2D eigenvalue weighted by Gasteiger charge is -2.15. The molecule has 0 aliphatic heterocycles. The largest absolute Gasteiger partial charge is 0.356 e. The molecular formula is C21H38IN5O3S. The zero-order valence-corrected chi connectivity index (χ0v) is 22.0. The Hall–Kier alpha value is -1.40. The number of rotatable bonds is 13. The van der Waals surface area contributed by atoms with Crippen molar-refractivity contribution in [2.75, 3.05) is 27.2 Å². The van der Waals surface area contributed by atoms with E-state index in [0.717, 1.165) is 24.9 Å². The molecule has 178 valence electrons. The van der Waals surface area contributed by atoms with E-state index in [9.17, 15) is 13.2 Å². The van der Waals surface area contributed by atoms with Crippen LogP contribution >= 0.6 is 24.0 Å². The molecule has 0 radical (unpaired) electrons. The van der Waals surface area contributed by atoms with Gasteiger partial charge in [0.1, 0.15) is 0 Å². The van der Waals surface area contributed by atoms with Crippen molar-refractivity contribution in [1.29, 1.82) is 0 Å². The monoisotopic (exact) mass is 567 g/mol. The van der Waals surface area contributed by atoms with Crippen molar-refractivity contribution in [1.82, 2.24) is 15.5 Å². The molecule has 0 saturated heterocycles. The quantitative estimate of drug-likeness (QED) is 0.147. The topological polar surface area (TPSA) is 117 Å². The smallest absolute Gasteiger partial charge is 0.241 e. The van der Waals surface area contributed by atoms with Crippen molar-refractivity contribution in [3.8, 4) is 0 Å². The zero-order chi connectivity index (χ0) is 22.4. The number of likely N-dealkylation sites (N-methyl/N-ethyl adjacent to an activating group) is 1. The number of aliphatic imine (C=N–C) groups is 1. The van der Waals surface area contributed by atoms with Gasteiger partial charge in [0, 0.05) is 20.6 Å². The maximum Gasteiger partial charge on any atom is 0.241 e. The van der Waals surface area contributed by atoms with Gasteiger partial charge in [0.25, 0.3) is 0 Å². The number of hydrogen-bond donors (Lipinski definition) is 3. The Morgan fingerprint density at radius 2 is 1.58 bits per heavy atom. The third-order valence-corrected chi connectivity index (χ3v) is 5.58. The summed E-state index contributed by atoms with van der Waals surface area (Å²) in [7, 11) is -0.289. The van der Waals surface area contributed by atoms with E-state index in [4.69, 9.17) is 5.14 Å². The molecule has 1 aromatic rings. The molecule has 1 rings (SSSR count). The highest BCUT2D eigenvalue weighted by Crippen LogP contribution is 2.09. The first-order valence-corrected chi connectivity index (χ1v) is 12.1. The predicted molar refractivity (Wildman–Crippen MR) is 137 cm³/mol. The van der Waals surface area contributed by atoms with E-state index in [2.05, 4.69) is 22.5 Å². The maximum atomic E-state index is 11.9. The summed E-state index contributed by atoms with van der Waals surface area (Å²) in [5.74, 6) is 0.518. The lowest BCUT2D eigenvalue weighted by Crippen LogP contribution is -2.43. The second-order valence-corrected chi connectivity index (χ2v) is 9.11. The number of nitrogens with zero attached hydrogens (tertiary/aromatic N) is 2. The van der Waals surface area contributed by atoms with Crippen molar-refractivity contribution in [2.45, 2.75) is 63.3 Å². The number of sulfonamides is 1. The average Bonchev–Trinajstić information content (AvgIpc) is 2.70. The van der Waals surface area contributed by atoms with Crippen LogP contribution in [0.3, 0.4) is 0 Å². The molecule has 10 heteroatoms. The summed E-state index contributed by atoms with van der Waals surface area (Å²) in [4.78, 5) is 18.0. The fraction of sp³-hybridized carbons (Fsp3) is 0.619. The third-order valence-electron chi connectivity index (χ3n) is 4.65. The Morgan fingerprint density at radius 1 is 1.00 bits per heavy atom. The molecule has 0 bridgehead atoms. The van der Waals surface area contributed by atoms with Gasteiger partial charge >= 0.3 is 0 Å². The van der Waals surface area contributed by atoms with Gasteiger partial charge in [-0.1, -0.05) is 57.6 Å². The predicted octanol–water partition coefficient (Wildman–Crippen LogP) is 2.83. The standard InChI is InChI=1S/C21H37N5O3S.HI/c1-4-5-6-7-8-9-10-15-23-21(25-17-20(27)26(2)3)24-16-18-11-13-19(14-12-18)30(22,28)29;/h11-14H,4-10,15-17H2,1-3H3,(H2,22,28,29)(H2,23,24,25);1H. The lowest BCUT2D eigenvalue weighted by atomic mass is 10.1. The molecule has 0 aliphatic carbocycles. The van der Waals surface area contributed by atoms with Crippen molar-refractivity contribution in [2.24, 2.45) is 10.1 Å². The van der Waals surface area contributed by atoms with E-state index in [1.54, 1.807) is 26.2 Å². The summed E-state index contributed by atoms with van der Waals surface area (Å²) in [5, 5.41) is 11.5. The fourth-order valence-corrected chi connectivity index (χ4v) is 3.25. The van der Waals surface area contributed by atoms with Crippen molar-refractivity contribution in [3.63, 3.8) is 0 Å². The minimum absolute atomic E-state index is 0. The molecule has 0 unspecified atom stereocenters. The van der Waals surface area contributed by atoms with Crippen LogP contribution in [-0.2, 0) is 21.4 Å². The molecule has 0 aromatic heterocycles. The summed E-state index contributed by atoms with van der Waals surface area (Å²) in [6.45, 7) is 3.50. The van der Waals surface area contributed by atoms with Crippen LogP contribution in [0.2, 0.25) is 0 Å². The van der Waals surface area contributed by atoms with Gasteiger partial charge in [-0.15, -0.1) is 24.0 Å². The molecule has 0 aliphatic rings. The highest BCUT2D eigenvalue weighted by Gasteiger charge is 2.08. The Kier molecular flexibility index (Phi) is 15.5. The number of guanidine groups is 1. The van der Waals surface area contributed by atoms with Crippen LogP contribution in [0.4, 0.5) is 0 Å². The van der Waals surface area contributed by atoms with Gasteiger partial charge in [0.15, 0.2) is 5.96 Å². The van der Waals surface area contributed by atoms with Crippen molar-refractivity contribution >= 4 is 45.9 Å². The van der Waals surface area contributed by atoms with Crippen LogP contribution < -0.4 is 15.8 Å². The number of nitrogens with two attached hydrogens (primary N) is 1. The van der Waals surface area contributed by atoms with Crippen LogP contribution in [0.25, 0.3) is 0 Å². The lowest BCUT2D eigenvalue weighted by molar-refractivity contribution is -0.127. The molecule has 0 heterocycles. The average molecular weight is 568 g/mol. The molecule has 0 saturated carbocycles. The van der Waals surface area contributed by atoms with Gasteiger partial charge in [0.05, 0.1) is 18.0 Å². The number of carbonyl (C=O) groups is 1. The van der Waals surface area contributed by atoms with Crippen molar-refractivity contribution in [3.05, 3.63) is 29.8 Å². The second kappa shape index (κ2) is 16.3. The maximum absolute atomic E-state index is 11.9. The highest BCUT2D eigenvalue weighted by molar-refractivity contribution is 14.0. The number of hydrogen-bond acceptors (Lipinski definition) is 4. The van der Waals surface area contributed by atoms with Gasteiger partial charge in [-0.05, 0) is 24.1 Å². The molecule has 0 spiro atoms. The molecular weight excluding hydrogens is 529 g/mol. The first-order chi connectivity index (χ1) is 14.2. The second-order valence-electron chi connectivity index (χ2n) is 7.54. The van der Waals surface area contributed by atoms with Gasteiger partial charge < -0.3 is 15.5 Å². The number of nitrogens with one attached hydrogen (secondary N) is 2. The highest BCUT2D eigenvalue weighted by atomic mass is 127. The molecule has 8 nitrogen and oxygen atoms in total. The Morgan fingerprint density at radius 3 is 2.13 bits per heavy atom. The number of primary sulfonamides is 1. The van der Waals surface area contributed by atoms with E-state index >= 15 is 0 Å². The number of halogens is 1. The van der Waals surface area contributed by atoms with Gasteiger partial charge in [0.2, 0.25) is 15.9 Å². The minimum Gasteiger partial charge on any atom is -0.356 e. The van der Waals surface area contributed by atoms with Crippen LogP contribution in [0.15, 0.2) is 34.2 Å². The van der Waals surface area contributed by atoms with E-state index in [1.807, 2.05) is 0 Å². The Balaban J connectivity index is 0.00000900. The Bertz CT molecular complexity index is 768. The number of unbranched alkanes of at least 4 members (excludes halogenated alkanes) is 6. The van der Waals surface area contributed by atoms with E-state index in [0.29, 0.717) is 12.5 Å². The first kappa shape index (κ1) is 29.6. The first-order valence-electron chi connectivity index (χ1n) is 10.6. The fourth-order valence-electron chi connectivity index (χ4n) is 2.74. The van der Waals surface area contributed by atoms with Crippen LogP contribution in [0.5, 0.6) is 0 Å². The SMILES string of the molecule is CCCCCCCCCNC(=NCc1ccc(S(N)(=O)=O)cc1)NCC(=O)N(C)C.I. The van der Waals surface area contributed by atoms with E-state index in [-0.39, 0.29) is 41.3 Å². The Labute approximate surface area is 204 Å². The zero-order valence-electron chi connectivity index (χ0n) is 18.9. The van der Waals surface area contributed by atoms with Gasteiger partial charge in [-0.25, -0.2) is 18.5 Å². The van der Waals surface area contributed by atoms with Gasteiger partial charge in [-0.3, -0.25) is 4.79 Å². The van der Waals surface area contributed by atoms with E-state index in [1.165, 1.54) is 49.1 Å². The minimum atomic E-state index is -3.71. The van der Waals surface area contributed by atoms with Gasteiger partial charge in [-0.2, -0.15) is 0 Å². The van der Waals surface area contributed by atoms with Crippen LogP contribution in [0, 0.1) is 0 Å². The molecule has 0 fully saturated rings. The number of benzene rings is 1. The molecule has 1 aromatic carbocycles. The molecule has 0 atom stereocenters. The molecule has 1 amide bonds. The third kappa shape index (κ3) is 13.6. The normalized spacial score (nSPS) is 11.5. The molecule has 31 heavy (non-hydrogen) atoms. The number of amides is 1. The summed E-state index contributed by atoms with van der Waals surface area (Å²) in [6, 6.07) is 6.30. The number of carbonyl (C=O) groups excluding carboxylic acids is 1. The van der Waals surface area contributed by atoms with Crippen LogP contribution in [0.1, 0.15) is 57.4 Å².